The van der Waals surface area contributed by atoms with Crippen LogP contribution in [0.5, 0.6) is 0 Å². The van der Waals surface area contributed by atoms with Crippen molar-refractivity contribution in [1.29, 1.82) is 0 Å². The molecule has 106 valence electrons. The molecule has 0 saturated heterocycles. The lowest BCUT2D eigenvalue weighted by Crippen LogP contribution is -2.11. The first kappa shape index (κ1) is 13.0. The monoisotopic (exact) mass is 286 g/mol. The number of hydrogen-bond acceptors (Lipinski definition) is 5. The average molecular weight is 286 g/mol. The van der Waals surface area contributed by atoms with Crippen LogP contribution in [0.3, 0.4) is 0 Å². The second-order valence-electron chi connectivity index (χ2n) is 4.22. The minimum Gasteiger partial charge on any atom is -0.465 e. The molecule has 2 aromatic heterocycles. The molecule has 1 N–H and O–H groups in total. The van der Waals surface area contributed by atoms with E-state index < -0.39 is 11.8 Å². The topological polar surface area (TPSA) is 68.5 Å². The van der Waals surface area contributed by atoms with Crippen molar-refractivity contribution in [3.8, 4) is 0 Å². The number of rotatable bonds is 3. The Morgan fingerprint density at radius 1 is 1.29 bits per heavy atom. The van der Waals surface area contributed by atoms with Crippen LogP contribution in [-0.4, -0.2) is 27.7 Å². The van der Waals surface area contributed by atoms with Gasteiger partial charge in [-0.1, -0.05) is 12.1 Å². The third-order valence-electron chi connectivity index (χ3n) is 2.97. The fourth-order valence-electron chi connectivity index (χ4n) is 1.97. The van der Waals surface area contributed by atoms with Crippen LogP contribution in [0, 0.1) is 5.82 Å². The molecular weight excluding hydrogens is 275 g/mol. The number of fused-ring (bicyclic) bond motifs is 1. The second kappa shape index (κ2) is 5.20. The molecule has 0 spiro atoms. The number of hydrogen-bond donors (Lipinski definition) is 1. The zero-order chi connectivity index (χ0) is 14.8. The lowest BCUT2D eigenvalue weighted by atomic mass is 10.2. The highest BCUT2D eigenvalue weighted by Crippen LogP contribution is 2.24. The van der Waals surface area contributed by atoms with Crippen LogP contribution in [0.25, 0.3) is 5.65 Å². The maximum Gasteiger partial charge on any atom is 0.341 e. The Hall–Kier alpha value is -2.96. The van der Waals surface area contributed by atoms with Gasteiger partial charge in [0.1, 0.15) is 23.5 Å². The molecule has 7 heteroatoms. The Labute approximate surface area is 119 Å². The first-order chi connectivity index (χ1) is 10.2. The number of para-hydroxylation sites is 1. The third-order valence-corrected chi connectivity index (χ3v) is 2.97. The van der Waals surface area contributed by atoms with Gasteiger partial charge in [-0.2, -0.15) is 9.61 Å². The molecule has 0 fully saturated rings. The summed E-state index contributed by atoms with van der Waals surface area (Å²) in [7, 11) is 1.28. The Kier molecular flexibility index (Phi) is 3.23. The number of pyridine rings is 1. The molecule has 0 unspecified atom stereocenters. The number of esters is 1. The van der Waals surface area contributed by atoms with Crippen LogP contribution in [0.4, 0.5) is 15.9 Å². The van der Waals surface area contributed by atoms with Gasteiger partial charge in [-0.25, -0.2) is 14.2 Å². The Morgan fingerprint density at radius 2 is 2.10 bits per heavy atom. The highest BCUT2D eigenvalue weighted by atomic mass is 19.1. The number of benzene rings is 1. The number of carbonyl (C=O) groups is 1. The van der Waals surface area contributed by atoms with E-state index in [1.54, 1.807) is 30.3 Å². The number of nitrogens with zero attached hydrogens (tertiary/aromatic N) is 3. The minimum atomic E-state index is -0.550. The molecule has 0 bridgehead atoms. The highest BCUT2D eigenvalue weighted by molar-refractivity contribution is 5.96. The molecule has 0 aliphatic carbocycles. The van der Waals surface area contributed by atoms with E-state index in [-0.39, 0.29) is 11.3 Å². The van der Waals surface area contributed by atoms with Crippen molar-refractivity contribution in [3.63, 3.8) is 0 Å². The van der Waals surface area contributed by atoms with Gasteiger partial charge in [0, 0.05) is 0 Å². The zero-order valence-corrected chi connectivity index (χ0v) is 11.1. The van der Waals surface area contributed by atoms with E-state index in [4.69, 9.17) is 4.74 Å². The van der Waals surface area contributed by atoms with Crippen molar-refractivity contribution in [2.24, 2.45) is 0 Å². The Bertz CT molecular complexity index is 816. The summed E-state index contributed by atoms with van der Waals surface area (Å²) >= 11 is 0. The Balaban J connectivity index is 2.17. The lowest BCUT2D eigenvalue weighted by molar-refractivity contribution is 0.0601. The van der Waals surface area contributed by atoms with E-state index in [9.17, 15) is 9.18 Å². The number of aromatic nitrogens is 3. The van der Waals surface area contributed by atoms with Crippen LogP contribution >= 0.6 is 0 Å². The van der Waals surface area contributed by atoms with Gasteiger partial charge >= 0.3 is 5.97 Å². The molecule has 0 atom stereocenters. The summed E-state index contributed by atoms with van der Waals surface area (Å²) in [5.74, 6) is -0.696. The quantitative estimate of drug-likeness (QED) is 0.749. The summed E-state index contributed by atoms with van der Waals surface area (Å²) < 4.78 is 19.9. The third kappa shape index (κ3) is 2.29. The fourth-order valence-corrected chi connectivity index (χ4v) is 1.97. The van der Waals surface area contributed by atoms with E-state index >= 15 is 0 Å². The first-order valence-electron chi connectivity index (χ1n) is 6.13. The van der Waals surface area contributed by atoms with Crippen molar-refractivity contribution >= 4 is 23.1 Å². The summed E-state index contributed by atoms with van der Waals surface area (Å²) in [6.45, 7) is 0. The predicted octanol–water partition coefficient (Wildman–Crippen LogP) is 2.40. The van der Waals surface area contributed by atoms with E-state index in [1.807, 2.05) is 0 Å². The minimum absolute atomic E-state index is 0.227. The van der Waals surface area contributed by atoms with E-state index in [0.29, 0.717) is 11.5 Å². The summed E-state index contributed by atoms with van der Waals surface area (Å²) in [6, 6.07) is 9.33. The lowest BCUT2D eigenvalue weighted by Gasteiger charge is -2.12. The van der Waals surface area contributed by atoms with Crippen molar-refractivity contribution < 1.29 is 13.9 Å². The van der Waals surface area contributed by atoms with Crippen LogP contribution < -0.4 is 5.32 Å². The van der Waals surface area contributed by atoms with Crippen LogP contribution in [0.2, 0.25) is 0 Å². The number of nitrogens with one attached hydrogen (secondary N) is 1. The van der Waals surface area contributed by atoms with Gasteiger partial charge in [-0.15, -0.1) is 0 Å². The van der Waals surface area contributed by atoms with Gasteiger partial charge in [0.15, 0.2) is 5.65 Å². The summed E-state index contributed by atoms with van der Waals surface area (Å²) in [6.07, 6.45) is 1.35. The number of methoxy groups -OCH3 is 1. The molecule has 3 aromatic rings. The van der Waals surface area contributed by atoms with Gasteiger partial charge in [0.25, 0.3) is 0 Å². The molecular formula is C14H11FN4O2. The summed E-state index contributed by atoms with van der Waals surface area (Å²) in [5, 5.41) is 6.90. The number of halogens is 1. The maximum atomic E-state index is 13.8. The van der Waals surface area contributed by atoms with Gasteiger partial charge in [-0.3, -0.25) is 0 Å². The van der Waals surface area contributed by atoms with Crippen LogP contribution in [0.15, 0.2) is 42.7 Å². The summed E-state index contributed by atoms with van der Waals surface area (Å²) in [5.41, 5.74) is 0.992. The number of carbonyl (C=O) groups excluding carboxylic acids is 1. The SMILES string of the molecule is COC(=O)c1ccc2ncnn2c1Nc1ccccc1F. The second-order valence-corrected chi connectivity index (χ2v) is 4.22. The number of anilines is 2. The van der Waals surface area contributed by atoms with Gasteiger partial charge in [-0.05, 0) is 24.3 Å². The van der Waals surface area contributed by atoms with Crippen molar-refractivity contribution in [1.82, 2.24) is 14.6 Å². The normalized spacial score (nSPS) is 10.6. The first-order valence-corrected chi connectivity index (χ1v) is 6.13. The van der Waals surface area contributed by atoms with Crippen molar-refractivity contribution in [2.45, 2.75) is 0 Å². The molecule has 0 aliphatic heterocycles. The van der Waals surface area contributed by atoms with Crippen LogP contribution in [-0.2, 0) is 4.74 Å². The molecule has 0 amide bonds. The summed E-state index contributed by atoms with van der Waals surface area (Å²) in [4.78, 5) is 15.9. The molecule has 21 heavy (non-hydrogen) atoms. The number of ether oxygens (including phenoxy) is 1. The molecule has 2 heterocycles. The molecule has 3 rings (SSSR count). The fraction of sp³-hybridized carbons (Fsp3) is 0.0714. The van der Waals surface area contributed by atoms with Crippen molar-refractivity contribution in [2.75, 3.05) is 12.4 Å². The van der Waals surface area contributed by atoms with Gasteiger partial charge < -0.3 is 10.1 Å². The maximum absolute atomic E-state index is 13.8. The smallest absolute Gasteiger partial charge is 0.341 e. The Morgan fingerprint density at radius 3 is 2.86 bits per heavy atom. The zero-order valence-electron chi connectivity index (χ0n) is 11.1. The van der Waals surface area contributed by atoms with E-state index in [2.05, 4.69) is 15.4 Å². The van der Waals surface area contributed by atoms with Gasteiger partial charge in [0.2, 0.25) is 0 Å². The molecule has 0 saturated carbocycles. The molecule has 0 aliphatic rings. The largest absolute Gasteiger partial charge is 0.465 e. The molecule has 1 aromatic carbocycles. The van der Waals surface area contributed by atoms with Crippen LogP contribution in [0.1, 0.15) is 10.4 Å². The van der Waals surface area contributed by atoms with Crippen molar-refractivity contribution in [3.05, 3.63) is 54.1 Å². The van der Waals surface area contributed by atoms with Gasteiger partial charge in [0.05, 0.1) is 12.8 Å². The van der Waals surface area contributed by atoms with E-state index in [0.717, 1.165) is 0 Å². The molecule has 6 nitrogen and oxygen atoms in total. The standard InChI is InChI=1S/C14H11FN4O2/c1-21-14(20)9-6-7-12-16-8-17-19(12)13(9)18-11-5-3-2-4-10(11)15/h2-8,18H,1H3. The highest BCUT2D eigenvalue weighted by Gasteiger charge is 2.17. The predicted molar refractivity (Wildman–Crippen MR) is 74.0 cm³/mol. The molecule has 0 radical (unpaired) electrons. The van der Waals surface area contributed by atoms with E-state index in [1.165, 1.54) is 24.0 Å². The average Bonchev–Trinajstić information content (AvgIpc) is 2.98.